The highest BCUT2D eigenvalue weighted by atomic mass is 16.5. The summed E-state index contributed by atoms with van der Waals surface area (Å²) in [5, 5.41) is 0. The van der Waals surface area contributed by atoms with Crippen molar-refractivity contribution in [2.24, 2.45) is 0 Å². The molecular weight excluding hydrogens is 282 g/mol. The van der Waals surface area contributed by atoms with Gasteiger partial charge in [0.05, 0.1) is 32.1 Å². The van der Waals surface area contributed by atoms with Gasteiger partial charge in [0, 0.05) is 6.54 Å². The van der Waals surface area contributed by atoms with Crippen molar-refractivity contribution >= 4 is 5.91 Å². The van der Waals surface area contributed by atoms with Crippen molar-refractivity contribution in [2.75, 3.05) is 20.8 Å². The zero-order valence-electron chi connectivity index (χ0n) is 12.7. The predicted octanol–water partition coefficient (Wildman–Crippen LogP) is 3.27. The summed E-state index contributed by atoms with van der Waals surface area (Å²) < 4.78 is 15.6. The monoisotopic (exact) mass is 301 g/mol. The normalized spacial score (nSPS) is 17.5. The van der Waals surface area contributed by atoms with Gasteiger partial charge in [-0.3, -0.25) is 4.79 Å². The third kappa shape index (κ3) is 2.54. The molecule has 2 heterocycles. The largest absolute Gasteiger partial charge is 0.493 e. The van der Waals surface area contributed by atoms with Crippen LogP contribution in [0.5, 0.6) is 11.5 Å². The average Bonchev–Trinajstić information content (AvgIpc) is 3.24. The third-order valence-electron chi connectivity index (χ3n) is 4.07. The van der Waals surface area contributed by atoms with Crippen molar-refractivity contribution in [3.63, 3.8) is 0 Å². The molecule has 5 nitrogen and oxygen atoms in total. The van der Waals surface area contributed by atoms with E-state index in [0.717, 1.165) is 24.9 Å². The Labute approximate surface area is 129 Å². The summed E-state index contributed by atoms with van der Waals surface area (Å²) in [4.78, 5) is 14.5. The molecule has 1 saturated heterocycles. The van der Waals surface area contributed by atoms with Crippen LogP contribution in [0.3, 0.4) is 0 Å². The number of methoxy groups -OCH3 is 2. The molecule has 22 heavy (non-hydrogen) atoms. The van der Waals surface area contributed by atoms with E-state index in [1.54, 1.807) is 20.3 Å². The summed E-state index contributed by atoms with van der Waals surface area (Å²) >= 11 is 0. The average molecular weight is 301 g/mol. The molecule has 1 fully saturated rings. The summed E-state index contributed by atoms with van der Waals surface area (Å²) in [7, 11) is 3.23. The van der Waals surface area contributed by atoms with Crippen molar-refractivity contribution < 1.29 is 18.7 Å². The highest BCUT2D eigenvalue weighted by molar-refractivity contribution is 5.94. The van der Waals surface area contributed by atoms with E-state index in [4.69, 9.17) is 13.9 Å². The van der Waals surface area contributed by atoms with Gasteiger partial charge in [-0.05, 0) is 36.6 Å². The van der Waals surface area contributed by atoms with Gasteiger partial charge in [-0.1, -0.05) is 6.07 Å². The lowest BCUT2D eigenvalue weighted by atomic mass is 10.0. The molecule has 0 radical (unpaired) electrons. The number of ether oxygens (including phenoxy) is 2. The number of hydrogen-bond donors (Lipinski definition) is 0. The van der Waals surface area contributed by atoms with Crippen molar-refractivity contribution in [1.82, 2.24) is 4.90 Å². The Morgan fingerprint density at radius 2 is 2.05 bits per heavy atom. The first-order chi connectivity index (χ1) is 10.7. The summed E-state index contributed by atoms with van der Waals surface area (Å²) in [5.41, 5.74) is 1.65. The van der Waals surface area contributed by atoms with E-state index in [2.05, 4.69) is 0 Å². The second-order valence-corrected chi connectivity index (χ2v) is 5.28. The van der Waals surface area contributed by atoms with Crippen molar-refractivity contribution in [1.29, 1.82) is 0 Å². The fourth-order valence-electron chi connectivity index (χ4n) is 2.97. The number of carbonyl (C=O) groups excluding carboxylic acids is 1. The number of benzene rings is 1. The topological polar surface area (TPSA) is 51.9 Å². The second kappa shape index (κ2) is 6.13. The molecule has 0 aliphatic carbocycles. The Morgan fingerprint density at radius 1 is 1.23 bits per heavy atom. The van der Waals surface area contributed by atoms with E-state index in [1.807, 2.05) is 23.1 Å². The minimum Gasteiger partial charge on any atom is -0.493 e. The van der Waals surface area contributed by atoms with Gasteiger partial charge in [0.1, 0.15) is 6.26 Å². The van der Waals surface area contributed by atoms with Crippen LogP contribution in [0, 0.1) is 0 Å². The van der Waals surface area contributed by atoms with E-state index >= 15 is 0 Å². The minimum atomic E-state index is 0.00559. The highest BCUT2D eigenvalue weighted by Gasteiger charge is 2.31. The number of likely N-dealkylation sites (tertiary alicyclic amines) is 1. The van der Waals surface area contributed by atoms with Gasteiger partial charge in [0.25, 0.3) is 5.91 Å². The molecule has 1 aromatic carbocycles. The molecule has 1 amide bonds. The summed E-state index contributed by atoms with van der Waals surface area (Å²) in [6.45, 7) is 0.753. The molecule has 0 N–H and O–H groups in total. The molecule has 1 aliphatic heterocycles. The van der Waals surface area contributed by atoms with E-state index < -0.39 is 0 Å². The molecule has 0 spiro atoms. The van der Waals surface area contributed by atoms with Gasteiger partial charge in [0.2, 0.25) is 0 Å². The summed E-state index contributed by atoms with van der Waals surface area (Å²) in [6.07, 6.45) is 4.95. The lowest BCUT2D eigenvalue weighted by molar-refractivity contribution is 0.0734. The van der Waals surface area contributed by atoms with Gasteiger partial charge in [-0.2, -0.15) is 0 Å². The van der Waals surface area contributed by atoms with Crippen LogP contribution in [0.15, 0.2) is 41.2 Å². The van der Waals surface area contributed by atoms with E-state index in [1.165, 1.54) is 12.5 Å². The van der Waals surface area contributed by atoms with Crippen LogP contribution in [-0.4, -0.2) is 31.6 Å². The minimum absolute atomic E-state index is 0.00559. The first kappa shape index (κ1) is 14.5. The fourth-order valence-corrected chi connectivity index (χ4v) is 2.97. The molecule has 1 aromatic heterocycles. The van der Waals surface area contributed by atoms with Gasteiger partial charge >= 0.3 is 0 Å². The first-order valence-electron chi connectivity index (χ1n) is 7.29. The zero-order chi connectivity index (χ0) is 15.5. The van der Waals surface area contributed by atoms with E-state index in [0.29, 0.717) is 17.1 Å². The molecule has 1 aliphatic rings. The third-order valence-corrected chi connectivity index (χ3v) is 4.07. The lowest BCUT2D eigenvalue weighted by Gasteiger charge is -2.25. The van der Waals surface area contributed by atoms with Crippen molar-refractivity contribution in [3.05, 3.63) is 47.9 Å². The number of rotatable bonds is 4. The van der Waals surface area contributed by atoms with Crippen LogP contribution >= 0.6 is 0 Å². The Kier molecular flexibility index (Phi) is 4.04. The van der Waals surface area contributed by atoms with Gasteiger partial charge in [-0.25, -0.2) is 0 Å². The van der Waals surface area contributed by atoms with Crippen molar-refractivity contribution in [3.8, 4) is 11.5 Å². The second-order valence-electron chi connectivity index (χ2n) is 5.28. The molecule has 2 aromatic rings. The number of hydrogen-bond acceptors (Lipinski definition) is 4. The van der Waals surface area contributed by atoms with Gasteiger partial charge in [-0.15, -0.1) is 0 Å². The van der Waals surface area contributed by atoms with E-state index in [9.17, 15) is 4.79 Å². The summed E-state index contributed by atoms with van der Waals surface area (Å²) in [6, 6.07) is 7.58. The molecule has 3 rings (SSSR count). The predicted molar refractivity (Wildman–Crippen MR) is 81.3 cm³/mol. The quantitative estimate of drug-likeness (QED) is 0.869. The highest BCUT2D eigenvalue weighted by Crippen LogP contribution is 2.37. The van der Waals surface area contributed by atoms with Gasteiger partial charge in [0.15, 0.2) is 11.5 Å². The van der Waals surface area contributed by atoms with Crippen molar-refractivity contribution in [2.45, 2.75) is 18.9 Å². The Morgan fingerprint density at radius 3 is 2.73 bits per heavy atom. The van der Waals surface area contributed by atoms with Crippen LogP contribution < -0.4 is 9.47 Å². The SMILES string of the molecule is COc1ccc([C@@H]2CCCN2C(=O)c2ccoc2)cc1OC. The Bertz CT molecular complexity index is 651. The molecule has 0 bridgehead atoms. The molecule has 0 saturated carbocycles. The number of carbonyl (C=O) groups is 1. The lowest BCUT2D eigenvalue weighted by Crippen LogP contribution is -2.30. The molecule has 5 heteroatoms. The molecule has 0 unspecified atom stereocenters. The van der Waals surface area contributed by atoms with Crippen LogP contribution in [0.4, 0.5) is 0 Å². The summed E-state index contributed by atoms with van der Waals surface area (Å²) in [5.74, 6) is 1.38. The number of nitrogens with zero attached hydrogens (tertiary/aromatic N) is 1. The first-order valence-corrected chi connectivity index (χ1v) is 7.29. The van der Waals surface area contributed by atoms with Gasteiger partial charge < -0.3 is 18.8 Å². The van der Waals surface area contributed by atoms with Crippen LogP contribution in [0.2, 0.25) is 0 Å². The maximum Gasteiger partial charge on any atom is 0.257 e. The molecular formula is C17H19NO4. The number of furan rings is 1. The maximum atomic E-state index is 12.6. The zero-order valence-corrected chi connectivity index (χ0v) is 12.7. The smallest absolute Gasteiger partial charge is 0.257 e. The standard InChI is InChI=1S/C17H19NO4/c1-20-15-6-5-12(10-16(15)21-2)14-4-3-8-18(14)17(19)13-7-9-22-11-13/h5-7,9-11,14H,3-4,8H2,1-2H3/t14-/m0/s1. The Balaban J connectivity index is 1.88. The Hall–Kier alpha value is -2.43. The van der Waals surface area contributed by atoms with Crippen LogP contribution in [-0.2, 0) is 0 Å². The van der Waals surface area contributed by atoms with Crippen LogP contribution in [0.25, 0.3) is 0 Å². The number of amides is 1. The van der Waals surface area contributed by atoms with Crippen LogP contribution in [0.1, 0.15) is 34.8 Å². The maximum absolute atomic E-state index is 12.6. The molecule has 1 atom stereocenters. The van der Waals surface area contributed by atoms with E-state index in [-0.39, 0.29) is 11.9 Å². The fraction of sp³-hybridized carbons (Fsp3) is 0.353. The molecule has 116 valence electrons.